The van der Waals surface area contributed by atoms with Crippen LogP contribution < -0.4 is 10.6 Å². The lowest BCUT2D eigenvalue weighted by molar-refractivity contribution is -0.143. The van der Waals surface area contributed by atoms with Crippen LogP contribution in [0.15, 0.2) is 44.7 Å². The lowest BCUT2D eigenvalue weighted by Crippen LogP contribution is -2.45. The second-order valence-corrected chi connectivity index (χ2v) is 9.85. The molecule has 1 atom stereocenters. The first kappa shape index (κ1) is 24.7. The third-order valence-electron chi connectivity index (χ3n) is 5.98. The average molecular weight is 499 g/mol. The molecule has 0 bridgehead atoms. The second kappa shape index (κ2) is 11.4. The Balaban J connectivity index is 1.53. The first-order valence-corrected chi connectivity index (χ1v) is 12.7. The number of carbonyl (C=O) groups excluding carboxylic acids is 3. The summed E-state index contributed by atoms with van der Waals surface area (Å²) in [6.07, 6.45) is 3.88. The monoisotopic (exact) mass is 498 g/mol. The SMILES string of the molecule is Cc1cc(NC(=O)CCC(=O)N(Cc2cccs2)C(C(=O)NC2CCCC2)c2ccc(C)o2)no1. The third-order valence-corrected chi connectivity index (χ3v) is 6.84. The summed E-state index contributed by atoms with van der Waals surface area (Å²) in [5.41, 5.74) is 0. The van der Waals surface area contributed by atoms with Gasteiger partial charge in [-0.25, -0.2) is 0 Å². The van der Waals surface area contributed by atoms with E-state index in [1.165, 1.54) is 16.2 Å². The van der Waals surface area contributed by atoms with Gasteiger partial charge in [0, 0.05) is 29.8 Å². The van der Waals surface area contributed by atoms with Gasteiger partial charge in [-0.15, -0.1) is 11.3 Å². The van der Waals surface area contributed by atoms with Crippen molar-refractivity contribution in [3.63, 3.8) is 0 Å². The molecule has 0 spiro atoms. The highest BCUT2D eigenvalue weighted by Crippen LogP contribution is 2.29. The van der Waals surface area contributed by atoms with Gasteiger partial charge in [-0.3, -0.25) is 14.4 Å². The minimum atomic E-state index is -0.930. The van der Waals surface area contributed by atoms with Crippen molar-refractivity contribution in [1.29, 1.82) is 0 Å². The molecular formula is C25H30N4O5S. The Bertz CT molecular complexity index is 1150. The number of nitrogens with one attached hydrogen (secondary N) is 2. The van der Waals surface area contributed by atoms with E-state index in [9.17, 15) is 14.4 Å². The molecule has 0 radical (unpaired) electrons. The summed E-state index contributed by atoms with van der Waals surface area (Å²) in [5.74, 6) is 1.00. The molecule has 3 aromatic heterocycles. The van der Waals surface area contributed by atoms with Crippen LogP contribution in [-0.4, -0.2) is 33.8 Å². The van der Waals surface area contributed by atoms with Crippen molar-refractivity contribution in [2.45, 2.75) is 71.0 Å². The lowest BCUT2D eigenvalue weighted by Gasteiger charge is -2.30. The number of hydrogen-bond acceptors (Lipinski definition) is 7. The summed E-state index contributed by atoms with van der Waals surface area (Å²) in [6.45, 7) is 3.77. The zero-order valence-corrected chi connectivity index (χ0v) is 20.7. The maximum absolute atomic E-state index is 13.5. The smallest absolute Gasteiger partial charge is 0.250 e. The number of furan rings is 1. The Kier molecular flexibility index (Phi) is 8.02. The molecule has 1 aliphatic carbocycles. The molecule has 3 heterocycles. The zero-order chi connectivity index (χ0) is 24.8. The van der Waals surface area contributed by atoms with Gasteiger partial charge in [0.2, 0.25) is 11.8 Å². The summed E-state index contributed by atoms with van der Waals surface area (Å²) in [7, 11) is 0. The number of anilines is 1. The molecule has 1 saturated carbocycles. The molecule has 4 rings (SSSR count). The van der Waals surface area contributed by atoms with E-state index in [0.29, 0.717) is 23.1 Å². The van der Waals surface area contributed by atoms with Crippen LogP contribution in [0.3, 0.4) is 0 Å². The van der Waals surface area contributed by atoms with E-state index in [0.717, 1.165) is 30.6 Å². The molecule has 0 aromatic carbocycles. The van der Waals surface area contributed by atoms with E-state index >= 15 is 0 Å². The van der Waals surface area contributed by atoms with Crippen molar-refractivity contribution in [3.8, 4) is 0 Å². The number of carbonyl (C=O) groups is 3. The summed E-state index contributed by atoms with van der Waals surface area (Å²) >= 11 is 1.51. The van der Waals surface area contributed by atoms with E-state index in [4.69, 9.17) is 8.94 Å². The lowest BCUT2D eigenvalue weighted by atomic mass is 10.1. The summed E-state index contributed by atoms with van der Waals surface area (Å²) in [5, 5.41) is 11.4. The van der Waals surface area contributed by atoms with Gasteiger partial charge < -0.3 is 24.5 Å². The molecule has 0 saturated heterocycles. The standard InChI is InChI=1S/C25H30N4O5S/c1-16-9-10-20(33-16)24(25(32)26-18-6-3-4-7-18)29(15-19-8-5-13-35-19)23(31)12-11-22(30)27-21-14-17(2)34-28-21/h5,8-10,13-14,18,24H,3-4,6-7,11-12,15H2,1-2H3,(H,26,32)(H,27,28,30). The highest BCUT2D eigenvalue weighted by atomic mass is 32.1. The molecule has 2 N–H and O–H groups in total. The number of aromatic nitrogens is 1. The van der Waals surface area contributed by atoms with Crippen LogP contribution in [0.5, 0.6) is 0 Å². The summed E-state index contributed by atoms with van der Waals surface area (Å²) in [4.78, 5) is 41.9. The van der Waals surface area contributed by atoms with Crippen LogP contribution in [0.2, 0.25) is 0 Å². The normalized spacial score (nSPS) is 14.6. The Hall–Kier alpha value is -3.40. The summed E-state index contributed by atoms with van der Waals surface area (Å²) in [6, 6.07) is 8.11. The fourth-order valence-electron chi connectivity index (χ4n) is 4.26. The predicted molar refractivity (Wildman–Crippen MR) is 131 cm³/mol. The molecule has 3 amide bonds. The van der Waals surface area contributed by atoms with E-state index < -0.39 is 6.04 Å². The molecule has 35 heavy (non-hydrogen) atoms. The number of hydrogen-bond donors (Lipinski definition) is 2. The molecule has 3 aromatic rings. The van der Waals surface area contributed by atoms with Crippen molar-refractivity contribution in [1.82, 2.24) is 15.4 Å². The highest BCUT2D eigenvalue weighted by Gasteiger charge is 2.35. The van der Waals surface area contributed by atoms with Crippen LogP contribution in [0, 0.1) is 13.8 Å². The minimum absolute atomic E-state index is 0.0557. The van der Waals surface area contributed by atoms with Crippen molar-refractivity contribution in [2.75, 3.05) is 5.32 Å². The summed E-state index contributed by atoms with van der Waals surface area (Å²) < 4.78 is 10.8. The maximum atomic E-state index is 13.5. The molecular weight excluding hydrogens is 468 g/mol. The van der Waals surface area contributed by atoms with Crippen molar-refractivity contribution >= 4 is 34.9 Å². The molecule has 0 aliphatic heterocycles. The van der Waals surface area contributed by atoms with E-state index in [2.05, 4.69) is 15.8 Å². The number of rotatable bonds is 10. The fraction of sp³-hybridized carbons (Fsp3) is 0.440. The Morgan fingerprint density at radius 1 is 1.14 bits per heavy atom. The van der Waals surface area contributed by atoms with Crippen LogP contribution >= 0.6 is 11.3 Å². The number of amides is 3. The first-order chi connectivity index (χ1) is 16.9. The highest BCUT2D eigenvalue weighted by molar-refractivity contribution is 7.09. The molecule has 1 unspecified atom stereocenters. The van der Waals surface area contributed by atoms with Crippen LogP contribution in [0.1, 0.15) is 66.7 Å². The largest absolute Gasteiger partial charge is 0.464 e. The first-order valence-electron chi connectivity index (χ1n) is 11.8. The van der Waals surface area contributed by atoms with Crippen LogP contribution in [0.4, 0.5) is 5.82 Å². The molecule has 10 heteroatoms. The third kappa shape index (κ3) is 6.60. The predicted octanol–water partition coefficient (Wildman–Crippen LogP) is 4.49. The Morgan fingerprint density at radius 2 is 1.94 bits per heavy atom. The number of nitrogens with zero attached hydrogens (tertiary/aromatic N) is 2. The average Bonchev–Trinajstić information content (AvgIpc) is 3.62. The molecule has 9 nitrogen and oxygen atoms in total. The second-order valence-electron chi connectivity index (χ2n) is 8.81. The Labute approximate surface area is 207 Å². The van der Waals surface area contributed by atoms with E-state index in [-0.39, 0.29) is 43.1 Å². The molecule has 186 valence electrons. The molecule has 1 aliphatic rings. The fourth-order valence-corrected chi connectivity index (χ4v) is 4.97. The molecule has 1 fully saturated rings. The number of aryl methyl sites for hydroxylation is 2. The van der Waals surface area contributed by atoms with Crippen molar-refractivity contribution < 1.29 is 23.3 Å². The van der Waals surface area contributed by atoms with Gasteiger partial charge in [-0.2, -0.15) is 0 Å². The number of thiophene rings is 1. The van der Waals surface area contributed by atoms with Gasteiger partial charge in [0.25, 0.3) is 5.91 Å². The minimum Gasteiger partial charge on any atom is -0.464 e. The van der Waals surface area contributed by atoms with Crippen LogP contribution in [-0.2, 0) is 20.9 Å². The van der Waals surface area contributed by atoms with E-state index in [1.54, 1.807) is 32.0 Å². The Morgan fingerprint density at radius 3 is 2.57 bits per heavy atom. The maximum Gasteiger partial charge on any atom is 0.250 e. The van der Waals surface area contributed by atoms with Crippen molar-refractivity contribution in [3.05, 3.63) is 57.9 Å². The van der Waals surface area contributed by atoms with Gasteiger partial charge in [0.1, 0.15) is 17.3 Å². The topological polar surface area (TPSA) is 118 Å². The van der Waals surface area contributed by atoms with Gasteiger partial charge in [-0.05, 0) is 50.3 Å². The van der Waals surface area contributed by atoms with Gasteiger partial charge in [0.15, 0.2) is 11.9 Å². The van der Waals surface area contributed by atoms with Gasteiger partial charge >= 0.3 is 0 Å². The van der Waals surface area contributed by atoms with Crippen LogP contribution in [0.25, 0.3) is 0 Å². The van der Waals surface area contributed by atoms with Gasteiger partial charge in [-0.1, -0.05) is 24.1 Å². The van der Waals surface area contributed by atoms with E-state index in [1.807, 2.05) is 17.5 Å². The van der Waals surface area contributed by atoms with Crippen molar-refractivity contribution in [2.24, 2.45) is 0 Å². The van der Waals surface area contributed by atoms with Gasteiger partial charge in [0.05, 0.1) is 6.54 Å². The quantitative estimate of drug-likeness (QED) is 0.425. The zero-order valence-electron chi connectivity index (χ0n) is 19.9.